The quantitative estimate of drug-likeness (QED) is 0.748. The van der Waals surface area contributed by atoms with Gasteiger partial charge in [0.15, 0.2) is 0 Å². The second-order valence-corrected chi connectivity index (χ2v) is 3.72. The van der Waals surface area contributed by atoms with Gasteiger partial charge in [-0.2, -0.15) is 0 Å². The summed E-state index contributed by atoms with van der Waals surface area (Å²) in [5, 5.41) is 17.0. The standard InChI is InChI=1S/C13H17NO2/c1-3-11(14)13(12(16)4-2)9-5-7-10(15)8-6-9/h5-8,13-15H,3-4H2,1-2H3. The molecule has 0 aliphatic rings. The van der Waals surface area contributed by atoms with Crippen LogP contribution in [-0.2, 0) is 4.79 Å². The van der Waals surface area contributed by atoms with Gasteiger partial charge in [0.25, 0.3) is 0 Å². The van der Waals surface area contributed by atoms with E-state index in [-0.39, 0.29) is 11.5 Å². The SMILES string of the molecule is CCC(=N)C(C(=O)CC)c1ccc(O)cc1. The van der Waals surface area contributed by atoms with Crippen molar-refractivity contribution in [2.45, 2.75) is 32.6 Å². The molecule has 3 heteroatoms. The highest BCUT2D eigenvalue weighted by molar-refractivity contribution is 6.08. The van der Waals surface area contributed by atoms with E-state index in [1.807, 2.05) is 6.92 Å². The molecule has 3 nitrogen and oxygen atoms in total. The van der Waals surface area contributed by atoms with E-state index in [9.17, 15) is 9.90 Å². The minimum atomic E-state index is -0.449. The number of carbonyl (C=O) groups is 1. The molecule has 1 aromatic rings. The number of nitrogens with one attached hydrogen (secondary N) is 1. The van der Waals surface area contributed by atoms with E-state index in [2.05, 4.69) is 0 Å². The number of hydrogen-bond acceptors (Lipinski definition) is 3. The zero-order chi connectivity index (χ0) is 12.1. The Morgan fingerprint density at radius 1 is 1.25 bits per heavy atom. The summed E-state index contributed by atoms with van der Waals surface area (Å²) in [4.78, 5) is 11.8. The van der Waals surface area contributed by atoms with Crippen LogP contribution < -0.4 is 0 Å². The van der Waals surface area contributed by atoms with E-state index >= 15 is 0 Å². The molecular weight excluding hydrogens is 202 g/mol. The van der Waals surface area contributed by atoms with Gasteiger partial charge in [0, 0.05) is 12.1 Å². The number of ketones is 1. The fraction of sp³-hybridized carbons (Fsp3) is 0.385. The smallest absolute Gasteiger partial charge is 0.145 e. The van der Waals surface area contributed by atoms with E-state index < -0.39 is 5.92 Å². The fourth-order valence-electron chi connectivity index (χ4n) is 1.66. The molecule has 0 fully saturated rings. The summed E-state index contributed by atoms with van der Waals surface area (Å²) in [6.07, 6.45) is 0.991. The van der Waals surface area contributed by atoms with Crippen molar-refractivity contribution in [1.29, 1.82) is 5.41 Å². The van der Waals surface area contributed by atoms with Gasteiger partial charge in [-0.25, -0.2) is 0 Å². The van der Waals surface area contributed by atoms with Gasteiger partial charge in [0.1, 0.15) is 11.5 Å². The van der Waals surface area contributed by atoms with Crippen LogP contribution in [0.25, 0.3) is 0 Å². The Kier molecular flexibility index (Phi) is 4.23. The Hall–Kier alpha value is -1.64. The van der Waals surface area contributed by atoms with Crippen molar-refractivity contribution in [2.75, 3.05) is 0 Å². The lowest BCUT2D eigenvalue weighted by molar-refractivity contribution is -0.118. The minimum absolute atomic E-state index is 0.0533. The van der Waals surface area contributed by atoms with Crippen molar-refractivity contribution in [1.82, 2.24) is 0 Å². The monoisotopic (exact) mass is 219 g/mol. The molecule has 0 spiro atoms. The van der Waals surface area contributed by atoms with E-state index in [1.165, 1.54) is 0 Å². The first-order valence-electron chi connectivity index (χ1n) is 5.49. The second kappa shape index (κ2) is 5.45. The van der Waals surface area contributed by atoms with Crippen molar-refractivity contribution in [3.05, 3.63) is 29.8 Å². The Balaban J connectivity index is 3.06. The van der Waals surface area contributed by atoms with Gasteiger partial charge in [-0.05, 0) is 24.1 Å². The number of carbonyl (C=O) groups excluding carboxylic acids is 1. The number of benzene rings is 1. The lowest BCUT2D eigenvalue weighted by Gasteiger charge is -2.15. The van der Waals surface area contributed by atoms with Crippen LogP contribution in [0, 0.1) is 5.41 Å². The average molecular weight is 219 g/mol. The molecular formula is C13H17NO2. The van der Waals surface area contributed by atoms with Crippen molar-refractivity contribution in [3.63, 3.8) is 0 Å². The van der Waals surface area contributed by atoms with Crippen LogP contribution >= 0.6 is 0 Å². The summed E-state index contributed by atoms with van der Waals surface area (Å²) in [5.41, 5.74) is 1.22. The molecule has 1 atom stereocenters. The third kappa shape index (κ3) is 2.69. The Bertz CT molecular complexity index is 365. The first kappa shape index (κ1) is 12.4. The summed E-state index contributed by atoms with van der Waals surface area (Å²) in [5.74, 6) is -0.220. The molecule has 0 aliphatic carbocycles. The predicted molar refractivity (Wildman–Crippen MR) is 64.2 cm³/mol. The molecule has 0 saturated heterocycles. The van der Waals surface area contributed by atoms with Crippen molar-refractivity contribution in [3.8, 4) is 5.75 Å². The van der Waals surface area contributed by atoms with Gasteiger partial charge in [-0.3, -0.25) is 4.79 Å². The minimum Gasteiger partial charge on any atom is -0.508 e. The van der Waals surface area contributed by atoms with Gasteiger partial charge < -0.3 is 10.5 Å². The Morgan fingerprint density at radius 3 is 2.25 bits per heavy atom. The van der Waals surface area contributed by atoms with Crippen LogP contribution in [-0.4, -0.2) is 16.6 Å². The van der Waals surface area contributed by atoms with Gasteiger partial charge in [-0.15, -0.1) is 0 Å². The molecule has 16 heavy (non-hydrogen) atoms. The highest BCUT2D eigenvalue weighted by atomic mass is 16.3. The number of hydrogen-bond donors (Lipinski definition) is 2. The summed E-state index contributed by atoms with van der Waals surface area (Å²) in [7, 11) is 0. The van der Waals surface area contributed by atoms with Crippen LogP contribution in [0.1, 0.15) is 38.2 Å². The molecule has 0 amide bonds. The molecule has 0 heterocycles. The Morgan fingerprint density at radius 2 is 1.81 bits per heavy atom. The molecule has 0 aliphatic heterocycles. The highest BCUT2D eigenvalue weighted by Crippen LogP contribution is 2.23. The maximum absolute atomic E-state index is 11.8. The molecule has 0 saturated carbocycles. The third-order valence-corrected chi connectivity index (χ3v) is 2.63. The molecule has 86 valence electrons. The van der Waals surface area contributed by atoms with E-state index in [1.54, 1.807) is 31.2 Å². The van der Waals surface area contributed by atoms with Crippen LogP contribution in [0.15, 0.2) is 24.3 Å². The van der Waals surface area contributed by atoms with Gasteiger partial charge in [-0.1, -0.05) is 26.0 Å². The number of aromatic hydroxyl groups is 1. The molecule has 0 radical (unpaired) electrons. The van der Waals surface area contributed by atoms with Crippen LogP contribution in [0.2, 0.25) is 0 Å². The summed E-state index contributed by atoms with van der Waals surface area (Å²) in [6, 6.07) is 6.51. The van der Waals surface area contributed by atoms with E-state index in [0.29, 0.717) is 18.6 Å². The Labute approximate surface area is 95.6 Å². The largest absolute Gasteiger partial charge is 0.508 e. The molecule has 2 N–H and O–H groups in total. The van der Waals surface area contributed by atoms with Crippen molar-refractivity contribution < 1.29 is 9.90 Å². The van der Waals surface area contributed by atoms with Gasteiger partial charge in [0.05, 0.1) is 5.92 Å². The summed E-state index contributed by atoms with van der Waals surface area (Å²) in [6.45, 7) is 3.68. The van der Waals surface area contributed by atoms with Gasteiger partial charge in [0.2, 0.25) is 0 Å². The molecule has 1 rings (SSSR count). The average Bonchev–Trinajstić information content (AvgIpc) is 2.31. The maximum atomic E-state index is 11.8. The molecule has 0 bridgehead atoms. The lowest BCUT2D eigenvalue weighted by atomic mass is 9.88. The molecule has 0 aromatic heterocycles. The van der Waals surface area contributed by atoms with Gasteiger partial charge >= 0.3 is 0 Å². The van der Waals surface area contributed by atoms with Crippen molar-refractivity contribution >= 4 is 11.5 Å². The van der Waals surface area contributed by atoms with Crippen molar-refractivity contribution in [2.24, 2.45) is 0 Å². The molecule has 1 aromatic carbocycles. The number of rotatable bonds is 5. The zero-order valence-corrected chi connectivity index (χ0v) is 9.66. The number of phenols is 1. The highest BCUT2D eigenvalue weighted by Gasteiger charge is 2.22. The third-order valence-electron chi connectivity index (χ3n) is 2.63. The van der Waals surface area contributed by atoms with Crippen LogP contribution in [0.4, 0.5) is 0 Å². The number of Topliss-reactive ketones (excluding diaryl/α,β-unsaturated/α-hetero) is 1. The topological polar surface area (TPSA) is 61.2 Å². The molecule has 1 unspecified atom stereocenters. The summed E-state index contributed by atoms with van der Waals surface area (Å²) < 4.78 is 0. The normalized spacial score (nSPS) is 12.1. The second-order valence-electron chi connectivity index (χ2n) is 3.72. The summed E-state index contributed by atoms with van der Waals surface area (Å²) >= 11 is 0. The first-order chi connectivity index (χ1) is 7.60. The van der Waals surface area contributed by atoms with E-state index in [4.69, 9.17) is 5.41 Å². The van der Waals surface area contributed by atoms with Crippen LogP contribution in [0.3, 0.4) is 0 Å². The lowest BCUT2D eigenvalue weighted by Crippen LogP contribution is -2.20. The predicted octanol–water partition coefficient (Wildman–Crippen LogP) is 2.88. The van der Waals surface area contributed by atoms with E-state index in [0.717, 1.165) is 5.56 Å². The first-order valence-corrected chi connectivity index (χ1v) is 5.49. The fourth-order valence-corrected chi connectivity index (χ4v) is 1.66. The van der Waals surface area contributed by atoms with Crippen LogP contribution in [0.5, 0.6) is 5.75 Å². The number of phenolic OH excluding ortho intramolecular Hbond substituents is 1. The zero-order valence-electron chi connectivity index (χ0n) is 9.66. The maximum Gasteiger partial charge on any atom is 0.145 e.